The maximum atomic E-state index is 12.8. The minimum Gasteiger partial charge on any atom is -0.507 e. The van der Waals surface area contributed by atoms with Crippen molar-refractivity contribution in [2.45, 2.75) is 80.9 Å². The van der Waals surface area contributed by atoms with E-state index < -0.39 is 85.7 Å². The van der Waals surface area contributed by atoms with Gasteiger partial charge in [0.15, 0.2) is 12.1 Å². The molecule has 0 bridgehead atoms. The topological polar surface area (TPSA) is 245 Å². The fourth-order valence-corrected chi connectivity index (χ4v) is 4.74. The van der Waals surface area contributed by atoms with E-state index in [1.54, 1.807) is 24.3 Å². The number of hydrogen-bond acceptors (Lipinski definition) is 15. The number of carbonyl (C=O) groups is 1. The number of carbonyl (C=O) groups excluding carboxylic acids is 1. The molecule has 0 radical (unpaired) electrons. The Morgan fingerprint density at radius 1 is 0.907 bits per heavy atom. The Balaban J connectivity index is 1.37. The van der Waals surface area contributed by atoms with Gasteiger partial charge in [-0.2, -0.15) is 0 Å². The van der Waals surface area contributed by atoms with Crippen molar-refractivity contribution >= 4 is 5.78 Å². The Bertz CT molecular complexity index is 1240. The lowest BCUT2D eigenvalue weighted by Gasteiger charge is -2.39. The molecular weight excluding hydrogens is 576 g/mol. The van der Waals surface area contributed by atoms with Crippen LogP contribution in [0.15, 0.2) is 36.4 Å². The van der Waals surface area contributed by atoms with Crippen molar-refractivity contribution in [3.63, 3.8) is 0 Å². The van der Waals surface area contributed by atoms with Crippen LogP contribution in [0.1, 0.15) is 35.4 Å². The quantitative estimate of drug-likeness (QED) is 0.126. The highest BCUT2D eigenvalue weighted by atomic mass is 16.7. The summed E-state index contributed by atoms with van der Waals surface area (Å²) in [5.74, 6) is -0.630. The van der Waals surface area contributed by atoms with E-state index in [2.05, 4.69) is 0 Å². The zero-order chi connectivity index (χ0) is 31.6. The van der Waals surface area contributed by atoms with Gasteiger partial charge in [0, 0.05) is 12.1 Å². The highest BCUT2D eigenvalue weighted by Crippen LogP contribution is 2.42. The summed E-state index contributed by atoms with van der Waals surface area (Å²) in [6, 6.07) is 9.02. The number of aromatic hydroxyl groups is 1. The van der Waals surface area contributed by atoms with Gasteiger partial charge in [0.05, 0.1) is 26.2 Å². The van der Waals surface area contributed by atoms with Crippen molar-refractivity contribution in [3.05, 3.63) is 47.5 Å². The molecule has 15 heteroatoms. The first-order valence-corrected chi connectivity index (χ1v) is 13.4. The second kappa shape index (κ2) is 13.7. The lowest BCUT2D eigenvalue weighted by molar-refractivity contribution is -0.299. The number of aliphatic hydroxyl groups is 8. The van der Waals surface area contributed by atoms with Crippen molar-refractivity contribution in [3.8, 4) is 23.0 Å². The van der Waals surface area contributed by atoms with Crippen LogP contribution in [0, 0.1) is 0 Å². The number of phenols is 1. The van der Waals surface area contributed by atoms with Gasteiger partial charge in [-0.15, -0.1) is 0 Å². The van der Waals surface area contributed by atoms with E-state index in [-0.39, 0.29) is 23.5 Å². The van der Waals surface area contributed by atoms with E-state index >= 15 is 0 Å². The van der Waals surface area contributed by atoms with Crippen molar-refractivity contribution in [2.75, 3.05) is 13.7 Å². The Morgan fingerprint density at radius 2 is 1.58 bits per heavy atom. The predicted octanol–water partition coefficient (Wildman–Crippen LogP) is -1.91. The summed E-state index contributed by atoms with van der Waals surface area (Å²) in [6.07, 6.45) is -18.4. The number of rotatable bonds is 11. The van der Waals surface area contributed by atoms with E-state index in [4.69, 9.17) is 23.7 Å². The fourth-order valence-electron chi connectivity index (χ4n) is 4.74. The van der Waals surface area contributed by atoms with Gasteiger partial charge in [-0.3, -0.25) is 4.79 Å². The number of ether oxygens (including phenoxy) is 5. The van der Waals surface area contributed by atoms with E-state index in [1.165, 1.54) is 20.1 Å². The van der Waals surface area contributed by atoms with Gasteiger partial charge in [-0.1, -0.05) is 12.1 Å². The molecule has 2 unspecified atom stereocenters. The summed E-state index contributed by atoms with van der Waals surface area (Å²) in [5, 5.41) is 91.7. The van der Waals surface area contributed by atoms with Gasteiger partial charge in [0.1, 0.15) is 77.4 Å². The number of phenolic OH excluding ortho intramolecular Hbond substituents is 1. The predicted molar refractivity (Wildman–Crippen MR) is 142 cm³/mol. The maximum absolute atomic E-state index is 12.8. The zero-order valence-electron chi connectivity index (χ0n) is 23.2. The third-order valence-electron chi connectivity index (χ3n) is 7.34. The molecule has 11 atom stereocenters. The first-order chi connectivity index (χ1) is 20.3. The number of fused-ring (bicyclic) bond motifs is 1. The van der Waals surface area contributed by atoms with Crippen molar-refractivity contribution < 1.29 is 74.4 Å². The van der Waals surface area contributed by atoms with Crippen molar-refractivity contribution in [1.82, 2.24) is 0 Å². The third kappa shape index (κ3) is 7.18. The van der Waals surface area contributed by atoms with Crippen LogP contribution >= 0.6 is 0 Å². The molecule has 2 heterocycles. The van der Waals surface area contributed by atoms with Crippen LogP contribution in [-0.2, 0) is 9.47 Å². The number of hydrogen-bond donors (Lipinski definition) is 9. The number of Topliss-reactive ketones (excluding diaryl/α,β-unsaturated/α-hetero) is 1. The SMILES string of the molecule is COc1ccc(C2CC(=O)c3c(O)cc(OC(O)[C@@H](O)[C@H](O)[C@@H](O)[C@@H](O)CO[C@@H]4O[C@@H](C)[C@H](O)[C@@H](O)[C@H]4O)cc3O2)cc1. The lowest BCUT2D eigenvalue weighted by atomic mass is 9.95. The minimum atomic E-state index is -2.20. The van der Waals surface area contributed by atoms with Crippen molar-refractivity contribution in [2.24, 2.45) is 0 Å². The average molecular weight is 613 g/mol. The zero-order valence-corrected chi connectivity index (χ0v) is 23.2. The van der Waals surface area contributed by atoms with E-state index in [1.807, 2.05) is 0 Å². The molecule has 43 heavy (non-hydrogen) atoms. The van der Waals surface area contributed by atoms with E-state index in [9.17, 15) is 50.8 Å². The normalized spacial score (nSPS) is 29.0. The number of aliphatic hydroxyl groups excluding tert-OH is 8. The van der Waals surface area contributed by atoms with Gasteiger partial charge in [0.2, 0.25) is 6.29 Å². The van der Waals surface area contributed by atoms with Crippen LogP contribution in [0.5, 0.6) is 23.0 Å². The first-order valence-electron chi connectivity index (χ1n) is 13.4. The lowest BCUT2D eigenvalue weighted by Crippen LogP contribution is -2.58. The molecule has 0 aromatic heterocycles. The summed E-state index contributed by atoms with van der Waals surface area (Å²) < 4.78 is 26.7. The van der Waals surface area contributed by atoms with Gasteiger partial charge in [-0.25, -0.2) is 0 Å². The molecule has 0 saturated carbocycles. The summed E-state index contributed by atoms with van der Waals surface area (Å²) in [5.41, 5.74) is 0.558. The monoisotopic (exact) mass is 612 g/mol. The summed E-state index contributed by atoms with van der Waals surface area (Å²) in [6.45, 7) is 0.660. The molecule has 9 N–H and O–H groups in total. The molecule has 238 valence electrons. The Morgan fingerprint density at radius 3 is 2.23 bits per heavy atom. The molecule has 0 amide bonds. The third-order valence-corrected chi connectivity index (χ3v) is 7.34. The Labute approximate surface area is 245 Å². The molecule has 0 spiro atoms. The molecule has 2 aliphatic rings. The smallest absolute Gasteiger partial charge is 0.226 e. The Kier molecular flexibility index (Phi) is 10.4. The van der Waals surface area contributed by atoms with Crippen LogP contribution in [0.3, 0.4) is 0 Å². The fraction of sp³-hybridized carbons (Fsp3) is 0.536. The molecule has 4 rings (SSSR count). The number of methoxy groups -OCH3 is 1. The molecule has 1 saturated heterocycles. The average Bonchev–Trinajstić information content (AvgIpc) is 2.99. The summed E-state index contributed by atoms with van der Waals surface area (Å²) in [4.78, 5) is 12.8. The molecule has 2 aromatic rings. The van der Waals surface area contributed by atoms with Gasteiger partial charge < -0.3 is 69.6 Å². The van der Waals surface area contributed by atoms with Gasteiger partial charge >= 0.3 is 0 Å². The largest absolute Gasteiger partial charge is 0.507 e. The molecular formula is C28H36O15. The molecule has 2 aromatic carbocycles. The standard InChI is InChI=1S/C28H36O15/c1-11-21(32)23(34)26(37)28(41-11)40-10-17(31)22(33)24(35)25(36)27(38)42-14-7-15(29)20-16(30)9-18(43-19(20)8-14)12-3-5-13(39-2)6-4-12/h3-8,11,17-18,21-29,31-38H,9-10H2,1-2H3/t11-,17-,18?,21-,22-,23+,24+,25-,26+,27?,28+/m0/s1. The number of ketones is 1. The molecule has 15 nitrogen and oxygen atoms in total. The second-order valence-electron chi connectivity index (χ2n) is 10.4. The first kappa shape index (κ1) is 32.8. The highest BCUT2D eigenvalue weighted by Gasteiger charge is 2.43. The molecule has 2 aliphatic heterocycles. The van der Waals surface area contributed by atoms with Gasteiger partial charge in [-0.05, 0) is 24.6 Å². The summed E-state index contributed by atoms with van der Waals surface area (Å²) in [7, 11) is 1.51. The maximum Gasteiger partial charge on any atom is 0.226 e. The second-order valence-corrected chi connectivity index (χ2v) is 10.4. The van der Waals surface area contributed by atoms with Crippen LogP contribution < -0.4 is 14.2 Å². The van der Waals surface area contributed by atoms with E-state index in [0.717, 1.165) is 6.07 Å². The van der Waals surface area contributed by atoms with Crippen LogP contribution in [0.25, 0.3) is 0 Å². The highest BCUT2D eigenvalue weighted by molar-refractivity contribution is 6.02. The van der Waals surface area contributed by atoms with E-state index in [0.29, 0.717) is 11.3 Å². The molecule has 0 aliphatic carbocycles. The number of benzene rings is 2. The minimum absolute atomic E-state index is 0.0546. The summed E-state index contributed by atoms with van der Waals surface area (Å²) >= 11 is 0. The van der Waals surface area contributed by atoms with Crippen LogP contribution in [0.2, 0.25) is 0 Å². The van der Waals surface area contributed by atoms with Crippen molar-refractivity contribution in [1.29, 1.82) is 0 Å². The Hall–Kier alpha value is -3.09. The van der Waals surface area contributed by atoms with Crippen LogP contribution in [0.4, 0.5) is 0 Å². The van der Waals surface area contributed by atoms with Gasteiger partial charge in [0.25, 0.3) is 0 Å². The van der Waals surface area contributed by atoms with Crippen LogP contribution in [-0.4, -0.2) is 127 Å². The molecule has 1 fully saturated rings.